The summed E-state index contributed by atoms with van der Waals surface area (Å²) in [5, 5.41) is 2.81. The summed E-state index contributed by atoms with van der Waals surface area (Å²) < 4.78 is 10.4. The minimum atomic E-state index is -0.947. The molecule has 0 aromatic rings. The first-order valence-corrected chi connectivity index (χ1v) is 6.16. The maximum atomic E-state index is 12.0. The molecule has 1 atom stereocenters. The smallest absolute Gasteiger partial charge is 0.253 e. The minimum absolute atomic E-state index is 0.0308. The molecule has 1 N–H and O–H groups in total. The quantitative estimate of drug-likeness (QED) is 0.692. The van der Waals surface area contributed by atoms with Crippen LogP contribution >= 0.6 is 0 Å². The van der Waals surface area contributed by atoms with Crippen molar-refractivity contribution in [2.45, 2.75) is 25.9 Å². The lowest BCUT2D eigenvalue weighted by molar-refractivity contribution is -0.162. The molecular weight excluding hydrogens is 236 g/mol. The molecule has 1 aliphatic heterocycles. The summed E-state index contributed by atoms with van der Waals surface area (Å²) in [5.74, 6) is -0.207. The van der Waals surface area contributed by atoms with Gasteiger partial charge in [-0.2, -0.15) is 0 Å². The Kier molecular flexibility index (Phi) is 5.55. The predicted molar refractivity (Wildman–Crippen MR) is 66.1 cm³/mol. The molecule has 0 bridgehead atoms. The van der Waals surface area contributed by atoms with Crippen molar-refractivity contribution < 1.29 is 19.1 Å². The van der Waals surface area contributed by atoms with Gasteiger partial charge in [-0.05, 0) is 13.3 Å². The normalized spacial score (nSPS) is 23.8. The Bertz CT molecular complexity index is 308. The first-order chi connectivity index (χ1) is 8.49. The van der Waals surface area contributed by atoms with Gasteiger partial charge in [0.15, 0.2) is 5.60 Å². The van der Waals surface area contributed by atoms with Gasteiger partial charge in [0.05, 0.1) is 13.2 Å². The zero-order valence-corrected chi connectivity index (χ0v) is 11.3. The summed E-state index contributed by atoms with van der Waals surface area (Å²) in [6, 6.07) is 0. The highest BCUT2D eigenvalue weighted by molar-refractivity contribution is 5.86. The van der Waals surface area contributed by atoms with Gasteiger partial charge in [0, 0.05) is 33.7 Å². The largest absolute Gasteiger partial charge is 0.385 e. The average molecular weight is 258 g/mol. The molecule has 0 aromatic heterocycles. The molecule has 1 saturated heterocycles. The molecular formula is C12H22N2O4. The average Bonchev–Trinajstić information content (AvgIpc) is 2.34. The van der Waals surface area contributed by atoms with Crippen LogP contribution in [0.1, 0.15) is 20.3 Å². The van der Waals surface area contributed by atoms with Crippen molar-refractivity contribution in [3.05, 3.63) is 0 Å². The van der Waals surface area contributed by atoms with E-state index >= 15 is 0 Å². The van der Waals surface area contributed by atoms with E-state index in [4.69, 9.17) is 9.47 Å². The van der Waals surface area contributed by atoms with E-state index in [1.54, 1.807) is 18.9 Å². The third-order valence-corrected chi connectivity index (χ3v) is 3.01. The van der Waals surface area contributed by atoms with Crippen LogP contribution in [0, 0.1) is 0 Å². The van der Waals surface area contributed by atoms with Crippen molar-refractivity contribution in [2.75, 3.05) is 40.0 Å². The zero-order valence-electron chi connectivity index (χ0n) is 11.3. The molecule has 6 nitrogen and oxygen atoms in total. The highest BCUT2D eigenvalue weighted by Crippen LogP contribution is 2.17. The van der Waals surface area contributed by atoms with Crippen molar-refractivity contribution in [3.8, 4) is 0 Å². The van der Waals surface area contributed by atoms with Crippen LogP contribution < -0.4 is 5.32 Å². The monoisotopic (exact) mass is 258 g/mol. The SMILES string of the molecule is COCCCNC(=O)[C@]1(C)CN(C(C)=O)CCO1. The number of hydrogen-bond acceptors (Lipinski definition) is 4. The first kappa shape index (κ1) is 14.9. The maximum Gasteiger partial charge on any atom is 0.253 e. The third-order valence-electron chi connectivity index (χ3n) is 3.01. The number of morpholine rings is 1. The van der Waals surface area contributed by atoms with Gasteiger partial charge in [-0.15, -0.1) is 0 Å². The van der Waals surface area contributed by atoms with E-state index in [0.29, 0.717) is 32.8 Å². The highest BCUT2D eigenvalue weighted by Gasteiger charge is 2.39. The van der Waals surface area contributed by atoms with Crippen LogP contribution in [-0.4, -0.2) is 62.3 Å². The second kappa shape index (κ2) is 6.70. The maximum absolute atomic E-state index is 12.0. The Hall–Kier alpha value is -1.14. The van der Waals surface area contributed by atoms with E-state index in [1.807, 2.05) is 0 Å². The predicted octanol–water partition coefficient (Wildman–Crippen LogP) is -0.223. The Balaban J connectivity index is 2.46. The van der Waals surface area contributed by atoms with E-state index < -0.39 is 5.60 Å². The van der Waals surface area contributed by atoms with Crippen LogP contribution in [0.5, 0.6) is 0 Å². The number of rotatable bonds is 5. The summed E-state index contributed by atoms with van der Waals surface area (Å²) in [6.45, 7) is 5.61. The minimum Gasteiger partial charge on any atom is -0.385 e. The Morgan fingerprint density at radius 2 is 2.22 bits per heavy atom. The van der Waals surface area contributed by atoms with Gasteiger partial charge in [0.2, 0.25) is 5.91 Å². The van der Waals surface area contributed by atoms with Gasteiger partial charge in [0.1, 0.15) is 0 Å². The summed E-state index contributed by atoms with van der Waals surface area (Å²) in [4.78, 5) is 25.0. The molecule has 0 unspecified atom stereocenters. The van der Waals surface area contributed by atoms with Crippen LogP contribution in [-0.2, 0) is 19.1 Å². The van der Waals surface area contributed by atoms with Crippen molar-refractivity contribution in [1.29, 1.82) is 0 Å². The Morgan fingerprint density at radius 3 is 2.83 bits per heavy atom. The molecule has 0 saturated carbocycles. The van der Waals surface area contributed by atoms with Crippen LogP contribution in [0.15, 0.2) is 0 Å². The summed E-state index contributed by atoms with van der Waals surface area (Å²) >= 11 is 0. The van der Waals surface area contributed by atoms with E-state index in [-0.39, 0.29) is 11.8 Å². The van der Waals surface area contributed by atoms with E-state index in [9.17, 15) is 9.59 Å². The highest BCUT2D eigenvalue weighted by atomic mass is 16.5. The number of carbonyl (C=O) groups is 2. The molecule has 1 aliphatic rings. The zero-order chi connectivity index (χ0) is 13.6. The second-order valence-electron chi connectivity index (χ2n) is 4.62. The van der Waals surface area contributed by atoms with Crippen LogP contribution in [0.25, 0.3) is 0 Å². The van der Waals surface area contributed by atoms with Gasteiger partial charge < -0.3 is 19.7 Å². The number of amides is 2. The number of nitrogens with one attached hydrogen (secondary N) is 1. The van der Waals surface area contributed by atoms with Crippen molar-refractivity contribution in [3.63, 3.8) is 0 Å². The van der Waals surface area contributed by atoms with Gasteiger partial charge >= 0.3 is 0 Å². The lowest BCUT2D eigenvalue weighted by Gasteiger charge is -2.38. The fourth-order valence-electron chi connectivity index (χ4n) is 1.88. The lowest BCUT2D eigenvalue weighted by atomic mass is 10.0. The third kappa shape index (κ3) is 3.96. The number of hydrogen-bond donors (Lipinski definition) is 1. The summed E-state index contributed by atoms with van der Waals surface area (Å²) in [5.41, 5.74) is -0.947. The first-order valence-electron chi connectivity index (χ1n) is 6.16. The molecule has 0 spiro atoms. The molecule has 6 heteroatoms. The van der Waals surface area contributed by atoms with Crippen molar-refractivity contribution in [2.24, 2.45) is 0 Å². The topological polar surface area (TPSA) is 67.9 Å². The van der Waals surface area contributed by atoms with Crippen LogP contribution in [0.4, 0.5) is 0 Å². The van der Waals surface area contributed by atoms with E-state index in [2.05, 4.69) is 5.32 Å². The van der Waals surface area contributed by atoms with E-state index in [0.717, 1.165) is 6.42 Å². The number of nitrogens with zero attached hydrogens (tertiary/aromatic N) is 1. The molecule has 1 heterocycles. The fourth-order valence-corrected chi connectivity index (χ4v) is 1.88. The van der Waals surface area contributed by atoms with Crippen LogP contribution in [0.3, 0.4) is 0 Å². The molecule has 18 heavy (non-hydrogen) atoms. The van der Waals surface area contributed by atoms with Crippen LogP contribution in [0.2, 0.25) is 0 Å². The molecule has 1 rings (SSSR count). The molecule has 0 radical (unpaired) electrons. The van der Waals surface area contributed by atoms with Gasteiger partial charge in [-0.25, -0.2) is 0 Å². The van der Waals surface area contributed by atoms with Gasteiger partial charge in [-0.1, -0.05) is 0 Å². The van der Waals surface area contributed by atoms with Crippen molar-refractivity contribution >= 4 is 11.8 Å². The number of methoxy groups -OCH3 is 1. The summed E-state index contributed by atoms with van der Waals surface area (Å²) in [7, 11) is 1.62. The summed E-state index contributed by atoms with van der Waals surface area (Å²) in [6.07, 6.45) is 0.759. The fraction of sp³-hybridized carbons (Fsp3) is 0.833. The molecule has 104 valence electrons. The van der Waals surface area contributed by atoms with E-state index in [1.165, 1.54) is 6.92 Å². The molecule has 2 amide bonds. The molecule has 1 fully saturated rings. The lowest BCUT2D eigenvalue weighted by Crippen LogP contribution is -2.59. The van der Waals surface area contributed by atoms with Gasteiger partial charge in [-0.3, -0.25) is 9.59 Å². The molecule has 0 aromatic carbocycles. The standard InChI is InChI=1S/C12H22N2O4/c1-10(15)14-6-8-18-12(2,9-14)11(16)13-5-4-7-17-3/h4-9H2,1-3H3,(H,13,16)/t12-/m0/s1. The number of ether oxygens (including phenoxy) is 2. The van der Waals surface area contributed by atoms with Gasteiger partial charge in [0.25, 0.3) is 5.91 Å². The Morgan fingerprint density at radius 1 is 1.50 bits per heavy atom. The van der Waals surface area contributed by atoms with Crippen molar-refractivity contribution in [1.82, 2.24) is 10.2 Å². The Labute approximate surface area is 108 Å². The molecule has 0 aliphatic carbocycles. The second-order valence-corrected chi connectivity index (χ2v) is 4.62. The number of carbonyl (C=O) groups excluding carboxylic acids is 2.